The summed E-state index contributed by atoms with van der Waals surface area (Å²) in [5.41, 5.74) is 4.63. The van der Waals surface area contributed by atoms with Crippen LogP contribution in [0.2, 0.25) is 5.02 Å². The van der Waals surface area contributed by atoms with Crippen molar-refractivity contribution in [1.29, 1.82) is 0 Å². The van der Waals surface area contributed by atoms with Crippen molar-refractivity contribution in [2.24, 2.45) is 0 Å². The van der Waals surface area contributed by atoms with Gasteiger partial charge in [-0.3, -0.25) is 14.5 Å². The third-order valence-corrected chi connectivity index (χ3v) is 4.19. The predicted octanol–water partition coefficient (Wildman–Crippen LogP) is 3.15. The van der Waals surface area contributed by atoms with Crippen LogP contribution in [-0.2, 0) is 11.3 Å². The highest BCUT2D eigenvalue weighted by atomic mass is 35.5. The molecule has 2 aromatic heterocycles. The van der Waals surface area contributed by atoms with Crippen molar-refractivity contribution in [3.05, 3.63) is 47.2 Å². The van der Waals surface area contributed by atoms with Gasteiger partial charge in [-0.05, 0) is 36.2 Å². The molecule has 118 valence electrons. The molecule has 3 rings (SSSR count). The van der Waals surface area contributed by atoms with Crippen molar-refractivity contribution < 1.29 is 4.79 Å². The first-order valence-electron chi connectivity index (χ1n) is 7.24. The summed E-state index contributed by atoms with van der Waals surface area (Å²) < 4.78 is 1.68. The van der Waals surface area contributed by atoms with E-state index in [1.54, 1.807) is 29.9 Å². The second-order valence-corrected chi connectivity index (χ2v) is 6.09. The Balaban J connectivity index is 2.03. The standard InChI is InChI=1S/C17H17ClN4O/c1-11-6-12(4-5-14(11)18)13-7-16-15(19-8-13)9-20-22(16)10-17(23)21(2)3/h4-9H,10H2,1-3H3. The minimum Gasteiger partial charge on any atom is -0.347 e. The molecular formula is C17H17ClN4O. The maximum atomic E-state index is 11.9. The number of halogens is 1. The van der Waals surface area contributed by atoms with E-state index >= 15 is 0 Å². The number of aryl methyl sites for hydroxylation is 1. The number of likely N-dealkylation sites (N-methyl/N-ethyl adjacent to an activating group) is 1. The van der Waals surface area contributed by atoms with Crippen molar-refractivity contribution in [2.45, 2.75) is 13.5 Å². The number of rotatable bonds is 3. The molecular weight excluding hydrogens is 312 g/mol. The lowest BCUT2D eigenvalue weighted by Crippen LogP contribution is -2.26. The maximum Gasteiger partial charge on any atom is 0.243 e. The molecule has 0 fully saturated rings. The van der Waals surface area contributed by atoms with E-state index in [0.717, 1.165) is 32.7 Å². The molecule has 0 saturated carbocycles. The highest BCUT2D eigenvalue weighted by Crippen LogP contribution is 2.26. The SMILES string of the molecule is Cc1cc(-c2cnc3cnn(CC(=O)N(C)C)c3c2)ccc1Cl. The molecule has 0 saturated heterocycles. The Kier molecular flexibility index (Phi) is 4.05. The quantitative estimate of drug-likeness (QED) is 0.742. The summed E-state index contributed by atoms with van der Waals surface area (Å²) in [6.45, 7) is 2.17. The van der Waals surface area contributed by atoms with E-state index in [0.29, 0.717) is 0 Å². The normalized spacial score (nSPS) is 11.0. The molecule has 0 spiro atoms. The van der Waals surface area contributed by atoms with E-state index in [2.05, 4.69) is 10.1 Å². The maximum absolute atomic E-state index is 11.9. The third-order valence-electron chi connectivity index (χ3n) is 3.77. The van der Waals surface area contributed by atoms with Gasteiger partial charge in [-0.25, -0.2) is 0 Å². The zero-order valence-electron chi connectivity index (χ0n) is 13.2. The molecule has 0 N–H and O–H groups in total. The van der Waals surface area contributed by atoms with E-state index < -0.39 is 0 Å². The van der Waals surface area contributed by atoms with Gasteiger partial charge in [0.05, 0.1) is 11.7 Å². The first-order valence-corrected chi connectivity index (χ1v) is 7.62. The summed E-state index contributed by atoms with van der Waals surface area (Å²) in [5.74, 6) is -0.0114. The zero-order chi connectivity index (χ0) is 16.6. The summed E-state index contributed by atoms with van der Waals surface area (Å²) >= 11 is 6.09. The first kappa shape index (κ1) is 15.5. The minimum absolute atomic E-state index is 0.0114. The van der Waals surface area contributed by atoms with Gasteiger partial charge in [-0.1, -0.05) is 17.7 Å². The number of benzene rings is 1. The van der Waals surface area contributed by atoms with Crippen molar-refractivity contribution in [3.63, 3.8) is 0 Å². The summed E-state index contributed by atoms with van der Waals surface area (Å²) in [6, 6.07) is 7.87. The summed E-state index contributed by atoms with van der Waals surface area (Å²) in [6.07, 6.45) is 3.49. The van der Waals surface area contributed by atoms with Crippen LogP contribution in [-0.4, -0.2) is 39.7 Å². The second-order valence-electron chi connectivity index (χ2n) is 5.68. The fourth-order valence-electron chi connectivity index (χ4n) is 2.33. The van der Waals surface area contributed by atoms with Gasteiger partial charge in [0.2, 0.25) is 5.91 Å². The highest BCUT2D eigenvalue weighted by molar-refractivity contribution is 6.31. The van der Waals surface area contributed by atoms with E-state index in [9.17, 15) is 4.79 Å². The Morgan fingerprint density at radius 2 is 2.00 bits per heavy atom. The monoisotopic (exact) mass is 328 g/mol. The minimum atomic E-state index is -0.0114. The average Bonchev–Trinajstić information content (AvgIpc) is 2.92. The highest BCUT2D eigenvalue weighted by Gasteiger charge is 2.11. The van der Waals surface area contributed by atoms with Crippen LogP contribution in [0.4, 0.5) is 0 Å². The van der Waals surface area contributed by atoms with Crippen LogP contribution >= 0.6 is 11.6 Å². The summed E-state index contributed by atoms with van der Waals surface area (Å²) in [5, 5.41) is 5.01. The van der Waals surface area contributed by atoms with Crippen molar-refractivity contribution >= 4 is 28.5 Å². The molecule has 0 unspecified atom stereocenters. The Morgan fingerprint density at radius 3 is 2.70 bits per heavy atom. The zero-order valence-corrected chi connectivity index (χ0v) is 14.0. The number of carbonyl (C=O) groups is 1. The van der Waals surface area contributed by atoms with Crippen LogP contribution < -0.4 is 0 Å². The van der Waals surface area contributed by atoms with Crippen LogP contribution in [0.25, 0.3) is 22.2 Å². The molecule has 6 heteroatoms. The van der Waals surface area contributed by atoms with Gasteiger partial charge in [0.15, 0.2) is 0 Å². The molecule has 23 heavy (non-hydrogen) atoms. The topological polar surface area (TPSA) is 51.0 Å². The van der Waals surface area contributed by atoms with Gasteiger partial charge in [-0.2, -0.15) is 5.10 Å². The molecule has 3 aromatic rings. The van der Waals surface area contributed by atoms with E-state index in [-0.39, 0.29) is 12.5 Å². The molecule has 0 aliphatic carbocycles. The number of hydrogen-bond donors (Lipinski definition) is 0. The molecule has 5 nitrogen and oxygen atoms in total. The number of pyridine rings is 1. The first-order chi connectivity index (χ1) is 11.0. The van der Waals surface area contributed by atoms with E-state index in [1.807, 2.05) is 37.4 Å². The van der Waals surface area contributed by atoms with E-state index in [4.69, 9.17) is 11.6 Å². The van der Waals surface area contributed by atoms with Crippen LogP contribution in [0.1, 0.15) is 5.56 Å². The van der Waals surface area contributed by atoms with Gasteiger partial charge in [0, 0.05) is 30.9 Å². The number of nitrogens with zero attached hydrogens (tertiary/aromatic N) is 4. The van der Waals surface area contributed by atoms with Crippen LogP contribution in [0.3, 0.4) is 0 Å². The van der Waals surface area contributed by atoms with Gasteiger partial charge in [0.25, 0.3) is 0 Å². The second kappa shape index (κ2) is 6.01. The van der Waals surface area contributed by atoms with Crippen molar-refractivity contribution in [3.8, 4) is 11.1 Å². The van der Waals surface area contributed by atoms with E-state index in [1.165, 1.54) is 0 Å². The Bertz CT molecular complexity index is 885. The summed E-state index contributed by atoms with van der Waals surface area (Å²) in [7, 11) is 3.46. The molecule has 0 bridgehead atoms. The van der Waals surface area contributed by atoms with Gasteiger partial charge in [-0.15, -0.1) is 0 Å². The Morgan fingerprint density at radius 1 is 1.22 bits per heavy atom. The lowest BCUT2D eigenvalue weighted by molar-refractivity contribution is -0.129. The molecule has 0 aliphatic rings. The smallest absolute Gasteiger partial charge is 0.243 e. The van der Waals surface area contributed by atoms with Gasteiger partial charge in [0.1, 0.15) is 12.1 Å². The number of carbonyl (C=O) groups excluding carboxylic acids is 1. The largest absolute Gasteiger partial charge is 0.347 e. The number of fused-ring (bicyclic) bond motifs is 1. The molecule has 2 heterocycles. The Labute approximate surface area is 139 Å². The molecule has 0 radical (unpaired) electrons. The number of hydrogen-bond acceptors (Lipinski definition) is 3. The predicted molar refractivity (Wildman–Crippen MR) is 91.4 cm³/mol. The third kappa shape index (κ3) is 3.05. The van der Waals surface area contributed by atoms with Crippen molar-refractivity contribution in [1.82, 2.24) is 19.7 Å². The van der Waals surface area contributed by atoms with Crippen LogP contribution in [0.15, 0.2) is 36.7 Å². The molecule has 1 amide bonds. The molecule has 0 aliphatic heterocycles. The lowest BCUT2D eigenvalue weighted by atomic mass is 10.0. The number of amides is 1. The Hall–Kier alpha value is -2.40. The van der Waals surface area contributed by atoms with Crippen LogP contribution in [0.5, 0.6) is 0 Å². The lowest BCUT2D eigenvalue weighted by Gasteiger charge is -2.11. The van der Waals surface area contributed by atoms with Gasteiger partial charge < -0.3 is 4.90 Å². The summed E-state index contributed by atoms with van der Waals surface area (Å²) in [4.78, 5) is 17.9. The van der Waals surface area contributed by atoms with Gasteiger partial charge >= 0.3 is 0 Å². The van der Waals surface area contributed by atoms with Crippen LogP contribution in [0, 0.1) is 6.92 Å². The number of aromatic nitrogens is 3. The fourth-order valence-corrected chi connectivity index (χ4v) is 2.45. The molecule has 0 atom stereocenters. The van der Waals surface area contributed by atoms with Crippen molar-refractivity contribution in [2.75, 3.05) is 14.1 Å². The average molecular weight is 329 g/mol. The fraction of sp³-hybridized carbons (Fsp3) is 0.235. The molecule has 1 aromatic carbocycles.